The first-order valence-electron chi connectivity index (χ1n) is 7.29. The second kappa shape index (κ2) is 6.73. The molecule has 1 aliphatic rings. The molecule has 3 nitrogen and oxygen atoms in total. The van der Waals surface area contributed by atoms with Crippen LogP contribution in [0.4, 0.5) is 10.1 Å². The minimum Gasteiger partial charge on any atom is -0.466 e. The van der Waals surface area contributed by atoms with Gasteiger partial charge in [0, 0.05) is 6.04 Å². The third-order valence-corrected chi connectivity index (χ3v) is 3.78. The summed E-state index contributed by atoms with van der Waals surface area (Å²) in [5, 5.41) is 3.23. The number of hydrogen-bond acceptors (Lipinski definition) is 3. The van der Waals surface area contributed by atoms with Crippen LogP contribution in [0.25, 0.3) is 0 Å². The van der Waals surface area contributed by atoms with E-state index < -0.39 is 0 Å². The lowest BCUT2D eigenvalue weighted by Gasteiger charge is -2.29. The molecule has 0 heterocycles. The van der Waals surface area contributed by atoms with Gasteiger partial charge in [0.25, 0.3) is 0 Å². The number of benzene rings is 1. The van der Waals surface area contributed by atoms with Crippen LogP contribution >= 0.6 is 0 Å². The van der Waals surface area contributed by atoms with Crippen molar-refractivity contribution in [1.29, 1.82) is 0 Å². The SMILES string of the molecule is CCOC(=O)C1CCCC(Nc2cc(C)ccc2F)C1. The minimum atomic E-state index is -0.242. The van der Waals surface area contributed by atoms with Crippen LogP contribution in [0.2, 0.25) is 0 Å². The molecule has 0 spiro atoms. The average Bonchev–Trinajstić information content (AvgIpc) is 2.43. The van der Waals surface area contributed by atoms with E-state index in [0.29, 0.717) is 18.7 Å². The number of ether oxygens (including phenoxy) is 1. The zero-order chi connectivity index (χ0) is 14.5. The molecule has 4 heteroatoms. The number of aryl methyl sites for hydroxylation is 1. The quantitative estimate of drug-likeness (QED) is 0.855. The van der Waals surface area contributed by atoms with E-state index >= 15 is 0 Å². The van der Waals surface area contributed by atoms with Crippen molar-refractivity contribution in [3.8, 4) is 0 Å². The molecule has 0 radical (unpaired) electrons. The fourth-order valence-electron chi connectivity index (χ4n) is 2.76. The van der Waals surface area contributed by atoms with Crippen LogP contribution in [0, 0.1) is 18.7 Å². The van der Waals surface area contributed by atoms with Crippen LogP contribution in [-0.4, -0.2) is 18.6 Å². The predicted molar refractivity (Wildman–Crippen MR) is 77.1 cm³/mol. The van der Waals surface area contributed by atoms with E-state index in [1.165, 1.54) is 6.07 Å². The summed E-state index contributed by atoms with van der Waals surface area (Å²) >= 11 is 0. The maximum atomic E-state index is 13.7. The molecule has 2 unspecified atom stereocenters. The Morgan fingerprint density at radius 2 is 2.25 bits per heavy atom. The molecule has 1 fully saturated rings. The maximum Gasteiger partial charge on any atom is 0.308 e. The second-order valence-corrected chi connectivity index (χ2v) is 5.44. The van der Waals surface area contributed by atoms with Crippen LogP contribution in [0.3, 0.4) is 0 Å². The van der Waals surface area contributed by atoms with Gasteiger partial charge in [0.15, 0.2) is 0 Å². The largest absolute Gasteiger partial charge is 0.466 e. The number of rotatable bonds is 4. The Morgan fingerprint density at radius 1 is 1.45 bits per heavy atom. The molecule has 0 amide bonds. The van der Waals surface area contributed by atoms with Gasteiger partial charge in [-0.3, -0.25) is 4.79 Å². The standard InChI is InChI=1S/C16H22FNO2/c1-3-20-16(19)12-5-4-6-13(10-12)18-15-9-11(2)7-8-14(15)17/h7-9,12-13,18H,3-6,10H2,1-2H3. The fraction of sp³-hybridized carbons (Fsp3) is 0.562. The van der Waals surface area contributed by atoms with Crippen molar-refractivity contribution in [2.24, 2.45) is 5.92 Å². The molecule has 2 rings (SSSR count). The molecule has 1 N–H and O–H groups in total. The Morgan fingerprint density at radius 3 is 3.00 bits per heavy atom. The van der Waals surface area contributed by atoms with E-state index in [9.17, 15) is 9.18 Å². The van der Waals surface area contributed by atoms with Crippen molar-refractivity contribution < 1.29 is 13.9 Å². The van der Waals surface area contributed by atoms with Gasteiger partial charge < -0.3 is 10.1 Å². The van der Waals surface area contributed by atoms with E-state index in [1.807, 2.05) is 19.9 Å². The number of nitrogens with one attached hydrogen (secondary N) is 1. The lowest BCUT2D eigenvalue weighted by molar-refractivity contribution is -0.149. The van der Waals surface area contributed by atoms with E-state index in [-0.39, 0.29) is 23.7 Å². The number of carbonyl (C=O) groups is 1. The zero-order valence-corrected chi connectivity index (χ0v) is 12.1. The van der Waals surface area contributed by atoms with Crippen molar-refractivity contribution in [2.45, 2.75) is 45.6 Å². The Balaban J connectivity index is 1.99. The van der Waals surface area contributed by atoms with Crippen molar-refractivity contribution in [3.63, 3.8) is 0 Å². The summed E-state index contributed by atoms with van der Waals surface area (Å²) < 4.78 is 18.8. The van der Waals surface area contributed by atoms with Crippen molar-refractivity contribution in [1.82, 2.24) is 0 Å². The number of esters is 1. The summed E-state index contributed by atoms with van der Waals surface area (Å²) in [5.74, 6) is -0.424. The van der Waals surface area contributed by atoms with Gasteiger partial charge in [-0.25, -0.2) is 4.39 Å². The van der Waals surface area contributed by atoms with Gasteiger partial charge in [0.2, 0.25) is 0 Å². The van der Waals surface area contributed by atoms with Gasteiger partial charge in [0.05, 0.1) is 18.2 Å². The van der Waals surface area contributed by atoms with E-state index in [1.54, 1.807) is 6.07 Å². The second-order valence-electron chi connectivity index (χ2n) is 5.44. The van der Waals surface area contributed by atoms with Crippen LogP contribution in [0.1, 0.15) is 38.2 Å². The molecule has 0 bridgehead atoms. The smallest absolute Gasteiger partial charge is 0.308 e. The molecule has 0 aliphatic heterocycles. The van der Waals surface area contributed by atoms with Gasteiger partial charge in [-0.1, -0.05) is 12.5 Å². The fourth-order valence-corrected chi connectivity index (χ4v) is 2.76. The number of hydrogen-bond donors (Lipinski definition) is 1. The first kappa shape index (κ1) is 14.8. The van der Waals surface area contributed by atoms with Crippen molar-refractivity contribution in [3.05, 3.63) is 29.6 Å². The molecule has 0 aromatic heterocycles. The van der Waals surface area contributed by atoms with E-state index in [4.69, 9.17) is 4.74 Å². The van der Waals surface area contributed by atoms with Crippen molar-refractivity contribution >= 4 is 11.7 Å². The first-order chi connectivity index (χ1) is 9.60. The minimum absolute atomic E-state index is 0.0610. The van der Waals surface area contributed by atoms with E-state index in [0.717, 1.165) is 24.8 Å². The van der Waals surface area contributed by atoms with Crippen LogP contribution in [-0.2, 0) is 9.53 Å². The van der Waals surface area contributed by atoms with E-state index in [2.05, 4.69) is 5.32 Å². The molecular formula is C16H22FNO2. The third-order valence-electron chi connectivity index (χ3n) is 3.78. The summed E-state index contributed by atoms with van der Waals surface area (Å²) in [6.45, 7) is 4.17. The molecule has 1 aliphatic carbocycles. The zero-order valence-electron chi connectivity index (χ0n) is 12.1. The van der Waals surface area contributed by atoms with Gasteiger partial charge in [-0.05, 0) is 50.8 Å². The Bertz CT molecular complexity index is 476. The normalized spacial score (nSPS) is 22.4. The Hall–Kier alpha value is -1.58. The van der Waals surface area contributed by atoms with Crippen molar-refractivity contribution in [2.75, 3.05) is 11.9 Å². The van der Waals surface area contributed by atoms with Gasteiger partial charge in [0.1, 0.15) is 5.82 Å². The highest BCUT2D eigenvalue weighted by molar-refractivity contribution is 5.72. The van der Waals surface area contributed by atoms with Gasteiger partial charge in [-0.2, -0.15) is 0 Å². The predicted octanol–water partition coefficient (Wildman–Crippen LogP) is 3.67. The topological polar surface area (TPSA) is 38.3 Å². The highest BCUT2D eigenvalue weighted by Crippen LogP contribution is 2.28. The maximum absolute atomic E-state index is 13.7. The summed E-state index contributed by atoms with van der Waals surface area (Å²) in [7, 11) is 0. The summed E-state index contributed by atoms with van der Waals surface area (Å²) in [6, 6.07) is 5.17. The summed E-state index contributed by atoms with van der Waals surface area (Å²) in [5.41, 5.74) is 1.55. The number of carbonyl (C=O) groups excluding carboxylic acids is 1. The molecule has 1 aromatic rings. The average molecular weight is 279 g/mol. The third kappa shape index (κ3) is 3.71. The van der Waals surface area contributed by atoms with Gasteiger partial charge in [-0.15, -0.1) is 0 Å². The summed E-state index contributed by atoms with van der Waals surface area (Å²) in [4.78, 5) is 11.8. The highest BCUT2D eigenvalue weighted by atomic mass is 19.1. The monoisotopic (exact) mass is 279 g/mol. The molecule has 2 atom stereocenters. The number of anilines is 1. The Labute approximate surface area is 119 Å². The molecule has 1 saturated carbocycles. The summed E-state index contributed by atoms with van der Waals surface area (Å²) in [6.07, 6.45) is 3.51. The molecule has 1 aromatic carbocycles. The molecule has 0 saturated heterocycles. The van der Waals surface area contributed by atoms with Crippen LogP contribution in [0.15, 0.2) is 18.2 Å². The molecular weight excluding hydrogens is 257 g/mol. The molecule has 110 valence electrons. The number of halogens is 1. The van der Waals surface area contributed by atoms with Crippen LogP contribution in [0.5, 0.6) is 0 Å². The lowest BCUT2D eigenvalue weighted by Crippen LogP contribution is -2.32. The molecule has 20 heavy (non-hydrogen) atoms. The Kier molecular flexibility index (Phi) is 4.99. The van der Waals surface area contributed by atoms with Gasteiger partial charge >= 0.3 is 5.97 Å². The first-order valence-corrected chi connectivity index (χ1v) is 7.29. The highest BCUT2D eigenvalue weighted by Gasteiger charge is 2.28. The van der Waals surface area contributed by atoms with Crippen LogP contribution < -0.4 is 5.32 Å². The lowest BCUT2D eigenvalue weighted by atomic mass is 9.85.